The second-order valence-electron chi connectivity index (χ2n) is 3.87. The minimum Gasteiger partial charge on any atom is -0.491 e. The van der Waals surface area contributed by atoms with Gasteiger partial charge >= 0.3 is 0 Å². The number of nitrogens with two attached hydrogens (primary N) is 1. The van der Waals surface area contributed by atoms with Gasteiger partial charge in [0.1, 0.15) is 12.4 Å². The molecule has 0 amide bonds. The third kappa shape index (κ3) is 2.17. The van der Waals surface area contributed by atoms with Gasteiger partial charge in [0.25, 0.3) is 0 Å². The second-order valence-corrected chi connectivity index (χ2v) is 3.87. The molecule has 4 nitrogen and oxygen atoms in total. The Bertz CT molecular complexity index is 466. The summed E-state index contributed by atoms with van der Waals surface area (Å²) in [6.07, 6.45) is 3.28. The van der Waals surface area contributed by atoms with E-state index in [2.05, 4.69) is 16.4 Å². The molecule has 4 heteroatoms. The predicted octanol–water partition coefficient (Wildman–Crippen LogP) is 1.23. The summed E-state index contributed by atoms with van der Waals surface area (Å²) in [7, 11) is 3.69. The molecular weight excluding hydrogens is 214 g/mol. The Hall–Kier alpha value is -1.81. The number of allylic oxidation sites excluding steroid dienone is 1. The average Bonchev–Trinajstić information content (AvgIpc) is 2.77. The van der Waals surface area contributed by atoms with E-state index in [0.29, 0.717) is 6.61 Å². The van der Waals surface area contributed by atoms with Gasteiger partial charge in [-0.25, -0.2) is 0 Å². The van der Waals surface area contributed by atoms with E-state index in [1.165, 1.54) is 11.8 Å². The molecule has 0 unspecified atom stereocenters. The standard InChI is InChI=1S/C13H17N3O/c1-15-11(5-6-14)9-3-4-10-12(16-2)8-17-13(10)7-9/h3-7,12,16H,8,14H2,1-2H3/b6-5-,15-11?/t12-/m1/s1. The number of nitrogens with zero attached hydrogens (tertiary/aromatic N) is 1. The van der Waals surface area contributed by atoms with E-state index < -0.39 is 0 Å². The van der Waals surface area contributed by atoms with Crippen molar-refractivity contribution < 1.29 is 4.74 Å². The molecule has 2 rings (SSSR count). The van der Waals surface area contributed by atoms with Crippen LogP contribution in [0, 0.1) is 0 Å². The van der Waals surface area contributed by atoms with E-state index in [9.17, 15) is 0 Å². The summed E-state index contributed by atoms with van der Waals surface area (Å²) in [5.41, 5.74) is 8.47. The van der Waals surface area contributed by atoms with Gasteiger partial charge in [-0.1, -0.05) is 12.1 Å². The average molecular weight is 231 g/mol. The van der Waals surface area contributed by atoms with Gasteiger partial charge in [0.05, 0.1) is 11.8 Å². The SMILES string of the molecule is CN=C(/C=C\N)c1ccc2c(c1)OC[C@H]2NC. The molecular formula is C13H17N3O. The first-order chi connectivity index (χ1) is 8.30. The Morgan fingerprint density at radius 3 is 3.06 bits per heavy atom. The van der Waals surface area contributed by atoms with Crippen LogP contribution in [0.15, 0.2) is 35.5 Å². The minimum atomic E-state index is 0.283. The maximum absolute atomic E-state index is 5.64. The molecule has 1 aliphatic rings. The highest BCUT2D eigenvalue weighted by Gasteiger charge is 2.22. The molecule has 1 aromatic rings. The summed E-state index contributed by atoms with van der Waals surface area (Å²) in [6, 6.07) is 6.41. The highest BCUT2D eigenvalue weighted by atomic mass is 16.5. The minimum absolute atomic E-state index is 0.283. The quantitative estimate of drug-likeness (QED) is 0.769. The lowest BCUT2D eigenvalue weighted by molar-refractivity contribution is 0.318. The van der Waals surface area contributed by atoms with E-state index in [1.807, 2.05) is 19.2 Å². The highest BCUT2D eigenvalue weighted by Crippen LogP contribution is 2.32. The van der Waals surface area contributed by atoms with Crippen molar-refractivity contribution in [3.63, 3.8) is 0 Å². The fraction of sp³-hybridized carbons (Fsp3) is 0.308. The summed E-state index contributed by atoms with van der Waals surface area (Å²) in [5, 5.41) is 3.22. The Balaban J connectivity index is 2.35. The van der Waals surface area contributed by atoms with E-state index in [4.69, 9.17) is 10.5 Å². The van der Waals surface area contributed by atoms with Crippen LogP contribution in [0.4, 0.5) is 0 Å². The molecule has 0 saturated heterocycles. The number of hydrogen-bond acceptors (Lipinski definition) is 4. The molecule has 3 N–H and O–H groups in total. The van der Waals surface area contributed by atoms with Crippen LogP contribution in [0.1, 0.15) is 17.2 Å². The topological polar surface area (TPSA) is 59.6 Å². The monoisotopic (exact) mass is 231 g/mol. The molecule has 0 bridgehead atoms. The molecule has 0 radical (unpaired) electrons. The summed E-state index contributed by atoms with van der Waals surface area (Å²) in [5.74, 6) is 0.924. The molecule has 0 aliphatic carbocycles. The normalized spacial score (nSPS) is 19.4. The van der Waals surface area contributed by atoms with Gasteiger partial charge in [-0.3, -0.25) is 4.99 Å². The van der Waals surface area contributed by atoms with E-state index in [1.54, 1.807) is 13.1 Å². The molecule has 0 aromatic heterocycles. The summed E-state index contributed by atoms with van der Waals surface area (Å²) in [4.78, 5) is 4.19. The van der Waals surface area contributed by atoms with Gasteiger partial charge in [0.2, 0.25) is 0 Å². The van der Waals surface area contributed by atoms with Crippen LogP contribution in [-0.4, -0.2) is 26.4 Å². The summed E-state index contributed by atoms with van der Waals surface area (Å²) < 4.78 is 5.64. The third-order valence-corrected chi connectivity index (χ3v) is 2.93. The van der Waals surface area contributed by atoms with Crippen molar-refractivity contribution in [3.8, 4) is 5.75 Å². The molecule has 0 saturated carbocycles. The van der Waals surface area contributed by atoms with E-state index >= 15 is 0 Å². The van der Waals surface area contributed by atoms with Gasteiger partial charge in [0.15, 0.2) is 0 Å². The first-order valence-corrected chi connectivity index (χ1v) is 5.59. The molecule has 1 aromatic carbocycles. The van der Waals surface area contributed by atoms with Gasteiger partial charge in [0, 0.05) is 18.2 Å². The Morgan fingerprint density at radius 1 is 1.59 bits per heavy atom. The molecule has 17 heavy (non-hydrogen) atoms. The third-order valence-electron chi connectivity index (χ3n) is 2.93. The lowest BCUT2D eigenvalue weighted by atomic mass is 10.0. The number of benzene rings is 1. The molecule has 1 heterocycles. The van der Waals surface area contributed by atoms with E-state index in [0.717, 1.165) is 17.0 Å². The maximum atomic E-state index is 5.64. The van der Waals surface area contributed by atoms with Crippen LogP contribution in [0.3, 0.4) is 0 Å². The smallest absolute Gasteiger partial charge is 0.124 e. The maximum Gasteiger partial charge on any atom is 0.124 e. The van der Waals surface area contributed by atoms with Gasteiger partial charge in [-0.05, 0) is 25.4 Å². The number of aliphatic imine (C=N–C) groups is 1. The number of ether oxygens (including phenoxy) is 1. The number of hydrogen-bond donors (Lipinski definition) is 2. The van der Waals surface area contributed by atoms with Crippen LogP contribution in [0.25, 0.3) is 0 Å². The zero-order valence-electron chi connectivity index (χ0n) is 10.1. The van der Waals surface area contributed by atoms with Crippen molar-refractivity contribution in [1.29, 1.82) is 0 Å². The number of likely N-dealkylation sites (N-methyl/N-ethyl adjacent to an activating group) is 1. The van der Waals surface area contributed by atoms with Crippen LogP contribution >= 0.6 is 0 Å². The Kier molecular flexibility index (Phi) is 3.44. The zero-order chi connectivity index (χ0) is 12.3. The molecule has 0 spiro atoms. The zero-order valence-corrected chi connectivity index (χ0v) is 10.1. The van der Waals surface area contributed by atoms with Crippen molar-refractivity contribution in [2.75, 3.05) is 20.7 Å². The van der Waals surface area contributed by atoms with E-state index in [-0.39, 0.29) is 6.04 Å². The lowest BCUT2D eigenvalue weighted by Crippen LogP contribution is -2.17. The molecule has 90 valence electrons. The van der Waals surface area contributed by atoms with Gasteiger partial charge in [-0.2, -0.15) is 0 Å². The van der Waals surface area contributed by atoms with Crippen molar-refractivity contribution >= 4 is 5.71 Å². The van der Waals surface area contributed by atoms with Crippen molar-refractivity contribution in [2.45, 2.75) is 6.04 Å². The fourth-order valence-corrected chi connectivity index (χ4v) is 2.00. The van der Waals surface area contributed by atoms with Gasteiger partial charge in [-0.15, -0.1) is 0 Å². The predicted molar refractivity (Wildman–Crippen MR) is 69.5 cm³/mol. The second kappa shape index (κ2) is 5.01. The lowest BCUT2D eigenvalue weighted by Gasteiger charge is -2.07. The van der Waals surface area contributed by atoms with Crippen molar-refractivity contribution in [1.82, 2.24) is 5.32 Å². The van der Waals surface area contributed by atoms with Crippen LogP contribution in [-0.2, 0) is 0 Å². The number of fused-ring (bicyclic) bond motifs is 1. The fourth-order valence-electron chi connectivity index (χ4n) is 2.00. The molecule has 1 atom stereocenters. The van der Waals surface area contributed by atoms with Crippen LogP contribution in [0.5, 0.6) is 5.75 Å². The summed E-state index contributed by atoms with van der Waals surface area (Å²) >= 11 is 0. The first-order valence-electron chi connectivity index (χ1n) is 5.59. The largest absolute Gasteiger partial charge is 0.491 e. The highest BCUT2D eigenvalue weighted by molar-refractivity contribution is 6.08. The van der Waals surface area contributed by atoms with Crippen LogP contribution < -0.4 is 15.8 Å². The first kappa shape index (κ1) is 11.7. The van der Waals surface area contributed by atoms with Crippen molar-refractivity contribution in [3.05, 3.63) is 41.6 Å². The molecule has 0 fully saturated rings. The summed E-state index contributed by atoms with van der Waals surface area (Å²) in [6.45, 7) is 0.681. The van der Waals surface area contributed by atoms with Crippen molar-refractivity contribution in [2.24, 2.45) is 10.7 Å². The number of nitrogens with one attached hydrogen (secondary N) is 1. The van der Waals surface area contributed by atoms with Crippen LogP contribution in [0.2, 0.25) is 0 Å². The Morgan fingerprint density at radius 2 is 2.41 bits per heavy atom. The Labute approximate surface area is 101 Å². The molecule has 1 aliphatic heterocycles. The van der Waals surface area contributed by atoms with Gasteiger partial charge < -0.3 is 15.8 Å². The number of rotatable bonds is 3.